The highest BCUT2D eigenvalue weighted by Crippen LogP contribution is 2.42. The zero-order chi connectivity index (χ0) is 37.7. The third-order valence-electron chi connectivity index (χ3n) is 10.3. The van der Waals surface area contributed by atoms with Gasteiger partial charge in [-0.2, -0.15) is 5.26 Å². The Morgan fingerprint density at radius 1 is 1.19 bits per heavy atom. The fraction of sp³-hybridized carbons (Fsp3) is 0.395. The second-order valence-corrected chi connectivity index (χ2v) is 14.9. The molecule has 5 heterocycles. The van der Waals surface area contributed by atoms with E-state index < -0.39 is 30.0 Å². The van der Waals surface area contributed by atoms with Crippen molar-refractivity contribution < 1.29 is 37.7 Å². The Labute approximate surface area is 314 Å². The predicted molar refractivity (Wildman–Crippen MR) is 197 cm³/mol. The summed E-state index contributed by atoms with van der Waals surface area (Å²) in [7, 11) is 1.35. The Morgan fingerprint density at radius 2 is 2.04 bits per heavy atom. The van der Waals surface area contributed by atoms with Crippen molar-refractivity contribution in [1.82, 2.24) is 15.1 Å². The molecule has 0 amide bonds. The van der Waals surface area contributed by atoms with Crippen LogP contribution in [0.1, 0.15) is 29.3 Å². The number of esters is 1. The summed E-state index contributed by atoms with van der Waals surface area (Å²) < 4.78 is 46.4. The Morgan fingerprint density at radius 3 is 2.76 bits per heavy atom. The largest absolute Gasteiger partial charge is 0.478 e. The summed E-state index contributed by atoms with van der Waals surface area (Å²) in [4.78, 5) is 41.1. The minimum absolute atomic E-state index is 0.0100. The number of nitrogens with zero attached hydrogens (tertiary/aromatic N) is 6. The Kier molecular flexibility index (Phi) is 9.73. The SMILES string of the molecule is COC(=O)C1=C(CN2CCN3C(C2)CN(c2cc(C#N)cc(Oc4ccc(C(=O)O)cc4F)c2)C2OC23)NC(C2=NCCS2)=N[C@H]1C1=C(C)CC(F)C=C1. The van der Waals surface area contributed by atoms with Gasteiger partial charge in [-0.3, -0.25) is 19.8 Å². The highest BCUT2D eigenvalue weighted by atomic mass is 32.2. The number of halogens is 2. The standard InChI is InChI=1S/C38H37F2N7O6S/c1-20-11-23(39)4-5-27(20)32-31(38(50)51-2)29(43-33(44-32)34-42-7-10-54-34)19-45-8-9-46-25(17-45)18-47(36-35(46)53-36)24-12-21(16-41)13-26(15-24)52-30-6-3-22(37(48)49)14-28(30)40/h3-6,12-15,23,25,32,35-36H,7-11,17-19H2,1-2H3,(H,43,44)(H,48,49)/t23?,25?,32-,35?,36?/m0/s1. The van der Waals surface area contributed by atoms with Gasteiger partial charge in [-0.15, -0.1) is 11.8 Å². The van der Waals surface area contributed by atoms with E-state index >= 15 is 0 Å². The molecule has 5 atom stereocenters. The van der Waals surface area contributed by atoms with E-state index in [0.29, 0.717) is 61.1 Å². The van der Waals surface area contributed by atoms with E-state index in [4.69, 9.17) is 19.2 Å². The lowest BCUT2D eigenvalue weighted by atomic mass is 9.87. The highest BCUT2D eigenvalue weighted by Gasteiger charge is 2.55. The third kappa shape index (κ3) is 7.00. The number of allylic oxidation sites excluding steroid dienone is 2. The lowest BCUT2D eigenvalue weighted by molar-refractivity contribution is -0.136. The van der Waals surface area contributed by atoms with Crippen molar-refractivity contribution in [2.45, 2.75) is 44.1 Å². The van der Waals surface area contributed by atoms with E-state index in [2.05, 4.69) is 31.1 Å². The highest BCUT2D eigenvalue weighted by molar-refractivity contribution is 8.16. The molecule has 0 bridgehead atoms. The van der Waals surface area contributed by atoms with E-state index in [-0.39, 0.29) is 42.0 Å². The number of thioether (sulfide) groups is 1. The van der Waals surface area contributed by atoms with Gasteiger partial charge in [-0.1, -0.05) is 17.7 Å². The Hall–Kier alpha value is -5.08. The quantitative estimate of drug-likeness (QED) is 0.278. The monoisotopic (exact) mass is 757 g/mol. The van der Waals surface area contributed by atoms with Crippen molar-refractivity contribution in [3.8, 4) is 17.6 Å². The summed E-state index contributed by atoms with van der Waals surface area (Å²) in [6.07, 6.45) is 1.97. The zero-order valence-corrected chi connectivity index (χ0v) is 30.3. The minimum atomic E-state index is -1.26. The number of epoxide rings is 1. The summed E-state index contributed by atoms with van der Waals surface area (Å²) in [5, 5.41) is 23.3. The van der Waals surface area contributed by atoms with E-state index in [0.717, 1.165) is 34.6 Å². The van der Waals surface area contributed by atoms with Crippen LogP contribution in [0.5, 0.6) is 11.5 Å². The molecule has 8 rings (SSSR count). The molecular formula is C38H37F2N7O6S. The third-order valence-corrected chi connectivity index (χ3v) is 11.3. The number of carboxylic acids is 1. The first-order valence-corrected chi connectivity index (χ1v) is 18.6. The van der Waals surface area contributed by atoms with E-state index in [9.17, 15) is 28.7 Å². The van der Waals surface area contributed by atoms with Crippen molar-refractivity contribution in [3.63, 3.8) is 0 Å². The van der Waals surface area contributed by atoms with Gasteiger partial charge in [0.1, 0.15) is 23.0 Å². The van der Waals surface area contributed by atoms with E-state index in [1.807, 2.05) is 6.92 Å². The average molecular weight is 758 g/mol. The number of benzene rings is 2. The number of ether oxygens (including phenoxy) is 3. The van der Waals surface area contributed by atoms with Crippen LogP contribution in [0.4, 0.5) is 14.5 Å². The summed E-state index contributed by atoms with van der Waals surface area (Å²) in [6.45, 7) is 5.54. The van der Waals surface area contributed by atoms with Crippen LogP contribution in [-0.4, -0.2) is 121 Å². The molecule has 3 fully saturated rings. The van der Waals surface area contributed by atoms with E-state index in [1.165, 1.54) is 31.4 Å². The topological polar surface area (TPSA) is 156 Å². The average Bonchev–Trinajstić information content (AvgIpc) is 3.77. The van der Waals surface area contributed by atoms with Crippen LogP contribution in [0.2, 0.25) is 0 Å². The van der Waals surface area contributed by atoms with Crippen molar-refractivity contribution in [2.75, 3.05) is 57.0 Å². The summed E-state index contributed by atoms with van der Waals surface area (Å²) in [5.74, 6) is -1.13. The molecule has 0 spiro atoms. The van der Waals surface area contributed by atoms with Crippen LogP contribution in [-0.2, 0) is 14.3 Å². The van der Waals surface area contributed by atoms with Crippen LogP contribution >= 0.6 is 11.8 Å². The molecule has 4 unspecified atom stereocenters. The van der Waals surface area contributed by atoms with Crippen molar-refractivity contribution in [1.29, 1.82) is 5.26 Å². The molecular weight excluding hydrogens is 721 g/mol. The van der Waals surface area contributed by atoms with Crippen LogP contribution in [0.3, 0.4) is 0 Å². The number of carbonyl (C=O) groups is 2. The van der Waals surface area contributed by atoms with Crippen LogP contribution in [0, 0.1) is 17.1 Å². The smallest absolute Gasteiger partial charge is 0.338 e. The number of amidine groups is 1. The number of aromatic carboxylic acids is 1. The number of hydrogen-bond acceptors (Lipinski definition) is 13. The Bertz CT molecular complexity index is 2110. The molecule has 54 heavy (non-hydrogen) atoms. The number of rotatable bonds is 9. The van der Waals surface area contributed by atoms with Crippen LogP contribution in [0.25, 0.3) is 0 Å². The molecule has 0 saturated carbocycles. The van der Waals surface area contributed by atoms with Gasteiger partial charge >= 0.3 is 11.9 Å². The van der Waals surface area contributed by atoms with Gasteiger partial charge in [0, 0.05) is 74.9 Å². The molecule has 6 aliphatic rings. The van der Waals surface area contributed by atoms with Gasteiger partial charge in [0.05, 0.1) is 29.9 Å². The molecule has 5 aliphatic heterocycles. The number of carbonyl (C=O) groups excluding carboxylic acids is 1. The van der Waals surface area contributed by atoms with E-state index in [1.54, 1.807) is 30.0 Å². The van der Waals surface area contributed by atoms with Crippen LogP contribution in [0.15, 0.2) is 81.0 Å². The fourth-order valence-corrected chi connectivity index (χ4v) is 8.50. The first-order chi connectivity index (χ1) is 26.1. The number of hydrogen-bond donors (Lipinski definition) is 2. The number of anilines is 1. The zero-order valence-electron chi connectivity index (χ0n) is 29.5. The predicted octanol–water partition coefficient (Wildman–Crippen LogP) is 4.23. The van der Waals surface area contributed by atoms with Gasteiger partial charge in [0.15, 0.2) is 29.9 Å². The van der Waals surface area contributed by atoms with Crippen molar-refractivity contribution >= 4 is 40.3 Å². The molecule has 1 aliphatic carbocycles. The lowest BCUT2D eigenvalue weighted by Crippen LogP contribution is -2.62. The number of nitrogens with one attached hydrogen (secondary N) is 1. The molecule has 13 nitrogen and oxygen atoms in total. The number of alkyl halides is 1. The second-order valence-electron chi connectivity index (χ2n) is 13.8. The maximum absolute atomic E-state index is 14.8. The molecule has 280 valence electrons. The maximum atomic E-state index is 14.8. The molecule has 2 aromatic rings. The summed E-state index contributed by atoms with van der Waals surface area (Å²) >= 11 is 1.60. The fourth-order valence-electron chi connectivity index (χ4n) is 7.70. The van der Waals surface area contributed by atoms with Gasteiger partial charge in [0.25, 0.3) is 0 Å². The minimum Gasteiger partial charge on any atom is -0.478 e. The van der Waals surface area contributed by atoms with Crippen molar-refractivity contribution in [2.24, 2.45) is 9.98 Å². The van der Waals surface area contributed by atoms with Crippen LogP contribution < -0.4 is 15.0 Å². The summed E-state index contributed by atoms with van der Waals surface area (Å²) in [5.41, 5.74) is 3.41. The second kappa shape index (κ2) is 14.6. The van der Waals surface area contributed by atoms with Gasteiger partial charge in [-0.05, 0) is 42.8 Å². The lowest BCUT2D eigenvalue weighted by Gasteiger charge is -2.46. The number of fused-ring (bicyclic) bond motifs is 3. The molecule has 2 N–H and O–H groups in total. The van der Waals surface area contributed by atoms with Gasteiger partial charge in [0.2, 0.25) is 0 Å². The number of methoxy groups -OCH3 is 1. The van der Waals surface area contributed by atoms with Gasteiger partial charge in [-0.25, -0.2) is 18.4 Å². The molecule has 2 aromatic carbocycles. The molecule has 0 aromatic heterocycles. The first kappa shape index (κ1) is 35.9. The van der Waals surface area contributed by atoms with Crippen molar-refractivity contribution in [3.05, 3.63) is 87.9 Å². The number of carboxylic acid groups (broad SMARTS) is 1. The number of piperazine rings is 2. The molecule has 0 radical (unpaired) electrons. The summed E-state index contributed by atoms with van der Waals surface area (Å²) in [6, 6.07) is 9.81. The molecule has 16 heteroatoms. The normalized spacial score (nSPS) is 26.6. The number of nitriles is 1. The first-order valence-electron chi connectivity index (χ1n) is 17.6. The Balaban J connectivity index is 1.05. The number of aliphatic imine (C=N–C) groups is 2. The maximum Gasteiger partial charge on any atom is 0.338 e. The molecule has 3 saturated heterocycles. The van der Waals surface area contributed by atoms with Gasteiger partial charge < -0.3 is 29.5 Å².